The number of unbranched alkanes of at least 4 members (excludes halogenated alkanes) is 4. The fraction of sp³-hybridized carbons (Fsp3) is 0.571. The number of hydrogen-bond acceptors (Lipinski definition) is 1. The van der Waals surface area contributed by atoms with Crippen molar-refractivity contribution in [1.29, 1.82) is 0 Å². The van der Waals surface area contributed by atoms with Gasteiger partial charge in [0.2, 0.25) is 0 Å². The van der Waals surface area contributed by atoms with E-state index in [1.165, 1.54) is 31.7 Å². The summed E-state index contributed by atoms with van der Waals surface area (Å²) in [7, 11) is 0. The predicted octanol–water partition coefficient (Wildman–Crippen LogP) is 4.95. The second-order valence-corrected chi connectivity index (χ2v) is 5.39. The van der Waals surface area contributed by atoms with Crippen LogP contribution in [0.4, 0.5) is 4.39 Å². The van der Waals surface area contributed by atoms with E-state index in [1.807, 2.05) is 6.07 Å². The zero-order valence-corrected chi connectivity index (χ0v) is 12.0. The monoisotopic (exact) mass is 301 g/mol. The average Bonchev–Trinajstić information content (AvgIpc) is 2.28. The topological polar surface area (TPSA) is 26.0 Å². The first kappa shape index (κ1) is 14.7. The standard InChI is InChI=1S/C14H21BrFN/c1-2-3-4-5-6-7-14(17)12-9-8-11(15)10-13(12)16/h8-10,14H,2-7,17H2,1H3. The molecule has 0 fully saturated rings. The van der Waals surface area contributed by atoms with Gasteiger partial charge in [0.15, 0.2) is 0 Å². The second kappa shape index (κ2) is 7.83. The van der Waals surface area contributed by atoms with E-state index in [9.17, 15) is 4.39 Å². The summed E-state index contributed by atoms with van der Waals surface area (Å²) in [6.45, 7) is 2.20. The van der Waals surface area contributed by atoms with Crippen LogP contribution in [0.15, 0.2) is 22.7 Å². The maximum Gasteiger partial charge on any atom is 0.129 e. The summed E-state index contributed by atoms with van der Waals surface area (Å²) in [4.78, 5) is 0. The van der Waals surface area contributed by atoms with Gasteiger partial charge in [-0.2, -0.15) is 0 Å². The Morgan fingerprint density at radius 3 is 2.59 bits per heavy atom. The molecular weight excluding hydrogens is 281 g/mol. The molecule has 1 unspecified atom stereocenters. The molecule has 0 aliphatic rings. The average molecular weight is 302 g/mol. The lowest BCUT2D eigenvalue weighted by Crippen LogP contribution is -2.12. The van der Waals surface area contributed by atoms with E-state index in [4.69, 9.17) is 5.73 Å². The maximum atomic E-state index is 13.6. The highest BCUT2D eigenvalue weighted by Gasteiger charge is 2.11. The Morgan fingerprint density at radius 2 is 1.94 bits per heavy atom. The van der Waals surface area contributed by atoms with Crippen molar-refractivity contribution in [2.45, 2.75) is 51.5 Å². The normalized spacial score (nSPS) is 12.7. The van der Waals surface area contributed by atoms with Gasteiger partial charge >= 0.3 is 0 Å². The molecule has 0 radical (unpaired) electrons. The number of benzene rings is 1. The quantitative estimate of drug-likeness (QED) is 0.709. The van der Waals surface area contributed by atoms with Crippen LogP contribution in [0.2, 0.25) is 0 Å². The minimum Gasteiger partial charge on any atom is -0.324 e. The summed E-state index contributed by atoms with van der Waals surface area (Å²) in [5, 5.41) is 0. The van der Waals surface area contributed by atoms with E-state index in [0.29, 0.717) is 5.56 Å². The van der Waals surface area contributed by atoms with Crippen molar-refractivity contribution in [3.63, 3.8) is 0 Å². The number of nitrogens with two attached hydrogens (primary N) is 1. The van der Waals surface area contributed by atoms with Gasteiger partial charge in [-0.25, -0.2) is 4.39 Å². The van der Waals surface area contributed by atoms with Gasteiger partial charge < -0.3 is 5.73 Å². The Bertz CT molecular complexity index is 341. The third-order valence-corrected chi connectivity index (χ3v) is 3.47. The van der Waals surface area contributed by atoms with Gasteiger partial charge in [0.1, 0.15) is 5.82 Å². The molecular formula is C14H21BrFN. The van der Waals surface area contributed by atoms with Gasteiger partial charge in [-0.3, -0.25) is 0 Å². The van der Waals surface area contributed by atoms with Crippen molar-refractivity contribution in [3.8, 4) is 0 Å². The molecule has 1 aromatic carbocycles. The molecule has 2 N–H and O–H groups in total. The number of rotatable bonds is 7. The lowest BCUT2D eigenvalue weighted by molar-refractivity contribution is 0.527. The van der Waals surface area contributed by atoms with Crippen molar-refractivity contribution < 1.29 is 4.39 Å². The molecule has 0 saturated carbocycles. The first-order valence-electron chi connectivity index (χ1n) is 6.35. The zero-order valence-electron chi connectivity index (χ0n) is 10.4. The number of hydrogen-bond donors (Lipinski definition) is 1. The third kappa shape index (κ3) is 5.17. The van der Waals surface area contributed by atoms with Crippen LogP contribution >= 0.6 is 15.9 Å². The van der Waals surface area contributed by atoms with Gasteiger partial charge in [-0.05, 0) is 18.6 Å². The molecule has 1 aromatic rings. The van der Waals surface area contributed by atoms with E-state index in [2.05, 4.69) is 22.9 Å². The van der Waals surface area contributed by atoms with Crippen LogP contribution in [-0.4, -0.2) is 0 Å². The molecule has 0 bridgehead atoms. The molecule has 3 heteroatoms. The molecule has 96 valence electrons. The summed E-state index contributed by atoms with van der Waals surface area (Å²) in [6.07, 6.45) is 6.92. The summed E-state index contributed by atoms with van der Waals surface area (Å²) < 4.78 is 14.4. The minimum atomic E-state index is -0.208. The molecule has 0 aliphatic carbocycles. The Labute approximate surface area is 112 Å². The van der Waals surface area contributed by atoms with Crippen LogP contribution < -0.4 is 5.73 Å². The highest BCUT2D eigenvalue weighted by atomic mass is 79.9. The molecule has 1 rings (SSSR count). The molecule has 0 saturated heterocycles. The molecule has 0 spiro atoms. The number of halogens is 2. The minimum absolute atomic E-state index is 0.176. The molecule has 1 atom stereocenters. The third-order valence-electron chi connectivity index (χ3n) is 2.98. The zero-order chi connectivity index (χ0) is 12.7. The van der Waals surface area contributed by atoms with Crippen molar-refractivity contribution in [3.05, 3.63) is 34.1 Å². The maximum absolute atomic E-state index is 13.6. The highest BCUT2D eigenvalue weighted by molar-refractivity contribution is 9.10. The first-order valence-corrected chi connectivity index (χ1v) is 7.15. The van der Waals surface area contributed by atoms with Crippen LogP contribution in [-0.2, 0) is 0 Å². The van der Waals surface area contributed by atoms with Crippen molar-refractivity contribution in [2.24, 2.45) is 5.73 Å². The van der Waals surface area contributed by atoms with Crippen molar-refractivity contribution >= 4 is 15.9 Å². The SMILES string of the molecule is CCCCCCCC(N)c1ccc(Br)cc1F. The fourth-order valence-electron chi connectivity index (χ4n) is 1.93. The highest BCUT2D eigenvalue weighted by Crippen LogP contribution is 2.23. The van der Waals surface area contributed by atoms with Crippen LogP contribution in [0, 0.1) is 5.82 Å². The second-order valence-electron chi connectivity index (χ2n) is 4.48. The van der Waals surface area contributed by atoms with Crippen molar-refractivity contribution in [2.75, 3.05) is 0 Å². The first-order chi connectivity index (χ1) is 8.15. The van der Waals surface area contributed by atoms with Crippen LogP contribution in [0.5, 0.6) is 0 Å². The van der Waals surface area contributed by atoms with E-state index < -0.39 is 0 Å². The van der Waals surface area contributed by atoms with Gasteiger partial charge in [-0.15, -0.1) is 0 Å². The lowest BCUT2D eigenvalue weighted by atomic mass is 10.0. The smallest absolute Gasteiger partial charge is 0.129 e. The molecule has 17 heavy (non-hydrogen) atoms. The van der Waals surface area contributed by atoms with E-state index in [-0.39, 0.29) is 11.9 Å². The van der Waals surface area contributed by atoms with E-state index in [1.54, 1.807) is 6.07 Å². The van der Waals surface area contributed by atoms with Gasteiger partial charge in [0.25, 0.3) is 0 Å². The summed E-state index contributed by atoms with van der Waals surface area (Å²) >= 11 is 3.25. The molecule has 0 amide bonds. The van der Waals surface area contributed by atoms with Gasteiger partial charge in [0.05, 0.1) is 0 Å². The molecule has 0 heterocycles. The van der Waals surface area contributed by atoms with Gasteiger partial charge in [0, 0.05) is 16.1 Å². The summed E-state index contributed by atoms with van der Waals surface area (Å²) in [5.74, 6) is -0.208. The predicted molar refractivity (Wildman–Crippen MR) is 74.4 cm³/mol. The van der Waals surface area contributed by atoms with Crippen LogP contribution in [0.1, 0.15) is 57.1 Å². The van der Waals surface area contributed by atoms with Crippen LogP contribution in [0.3, 0.4) is 0 Å². The van der Waals surface area contributed by atoms with E-state index in [0.717, 1.165) is 17.3 Å². The Balaban J connectivity index is 2.38. The van der Waals surface area contributed by atoms with Crippen LogP contribution in [0.25, 0.3) is 0 Å². The Hall–Kier alpha value is -0.410. The summed E-state index contributed by atoms with van der Waals surface area (Å²) in [5.41, 5.74) is 6.63. The van der Waals surface area contributed by atoms with E-state index >= 15 is 0 Å². The lowest BCUT2D eigenvalue weighted by Gasteiger charge is -2.13. The molecule has 0 aliphatic heterocycles. The molecule has 0 aromatic heterocycles. The largest absolute Gasteiger partial charge is 0.324 e. The fourth-order valence-corrected chi connectivity index (χ4v) is 2.26. The molecule has 1 nitrogen and oxygen atoms in total. The van der Waals surface area contributed by atoms with Gasteiger partial charge in [-0.1, -0.05) is 61.0 Å². The van der Waals surface area contributed by atoms with Crippen molar-refractivity contribution in [1.82, 2.24) is 0 Å². The Morgan fingerprint density at radius 1 is 1.24 bits per heavy atom. The Kier molecular flexibility index (Phi) is 6.75. The summed E-state index contributed by atoms with van der Waals surface area (Å²) in [6, 6.07) is 4.92.